The van der Waals surface area contributed by atoms with Crippen LogP contribution >= 0.6 is 11.6 Å². The number of halogens is 1. The average molecular weight is 301 g/mol. The Hall–Kier alpha value is -1.82. The number of aromatic carboxylic acids is 1. The third-order valence-corrected chi connectivity index (χ3v) is 2.87. The van der Waals surface area contributed by atoms with Crippen LogP contribution in [0.5, 0.6) is 0 Å². The van der Waals surface area contributed by atoms with Crippen molar-refractivity contribution < 1.29 is 14.8 Å². The summed E-state index contributed by atoms with van der Waals surface area (Å²) in [4.78, 5) is 23.1. The summed E-state index contributed by atoms with van der Waals surface area (Å²) in [5.74, 6) is -1.24. The number of carboxylic acid groups (broad SMARTS) is 1. The molecule has 0 aliphatic carbocycles. The van der Waals surface area contributed by atoms with Crippen LogP contribution < -0.4 is 4.90 Å². The van der Waals surface area contributed by atoms with Gasteiger partial charge in [0.1, 0.15) is 0 Å². The normalized spacial score (nSPS) is 11.2. The Bertz CT molecular complexity index is 552. The zero-order chi connectivity index (χ0) is 15.7. The molecular weight excluding hydrogens is 284 g/mol. The first-order valence-corrected chi connectivity index (χ1v) is 6.33. The van der Waals surface area contributed by atoms with Gasteiger partial charge in [-0.25, -0.2) is 4.79 Å². The Kier molecular flexibility index (Phi) is 4.60. The van der Waals surface area contributed by atoms with Crippen molar-refractivity contribution in [2.75, 3.05) is 18.5 Å². The molecule has 1 aromatic carbocycles. The van der Waals surface area contributed by atoms with Crippen molar-refractivity contribution >= 4 is 28.9 Å². The number of rotatable bonds is 4. The molecule has 0 radical (unpaired) electrons. The van der Waals surface area contributed by atoms with Crippen LogP contribution in [0.4, 0.5) is 11.4 Å². The largest absolute Gasteiger partial charge is 0.478 e. The molecule has 110 valence electrons. The Balaban J connectivity index is 3.38. The summed E-state index contributed by atoms with van der Waals surface area (Å²) in [5.41, 5.74) is -0.286. The first-order chi connectivity index (χ1) is 9.03. The van der Waals surface area contributed by atoms with Crippen molar-refractivity contribution in [3.63, 3.8) is 0 Å². The minimum atomic E-state index is -1.24. The highest BCUT2D eigenvalue weighted by Crippen LogP contribution is 2.35. The number of nitro benzene ring substituents is 1. The van der Waals surface area contributed by atoms with E-state index < -0.39 is 10.9 Å². The van der Waals surface area contributed by atoms with Crippen LogP contribution in [0.15, 0.2) is 12.1 Å². The fourth-order valence-electron chi connectivity index (χ4n) is 2.03. The van der Waals surface area contributed by atoms with Gasteiger partial charge in [0.25, 0.3) is 5.69 Å². The van der Waals surface area contributed by atoms with Gasteiger partial charge in [-0.1, -0.05) is 32.4 Å². The number of nitrogens with zero attached hydrogens (tertiary/aromatic N) is 2. The number of carbonyl (C=O) groups is 1. The van der Waals surface area contributed by atoms with Gasteiger partial charge in [0.15, 0.2) is 0 Å². The van der Waals surface area contributed by atoms with Crippen LogP contribution in [0.25, 0.3) is 0 Å². The average Bonchev–Trinajstić information content (AvgIpc) is 2.24. The first kappa shape index (κ1) is 16.2. The van der Waals surface area contributed by atoms with Gasteiger partial charge in [0.2, 0.25) is 0 Å². The van der Waals surface area contributed by atoms with Crippen LogP contribution in [-0.4, -0.2) is 29.6 Å². The van der Waals surface area contributed by atoms with Gasteiger partial charge in [-0.3, -0.25) is 10.1 Å². The quantitative estimate of drug-likeness (QED) is 0.680. The Labute approximate surface area is 122 Å². The predicted molar refractivity (Wildman–Crippen MR) is 77.8 cm³/mol. The molecule has 1 N–H and O–H groups in total. The van der Waals surface area contributed by atoms with E-state index in [0.29, 0.717) is 12.2 Å². The van der Waals surface area contributed by atoms with Gasteiger partial charge in [-0.05, 0) is 5.41 Å². The minimum absolute atomic E-state index is 0.0587. The van der Waals surface area contributed by atoms with E-state index in [1.54, 1.807) is 11.9 Å². The lowest BCUT2D eigenvalue weighted by Crippen LogP contribution is -2.30. The molecule has 0 spiro atoms. The molecule has 7 heteroatoms. The number of hydrogen-bond acceptors (Lipinski definition) is 4. The maximum atomic E-state index is 11.3. The molecule has 0 aliphatic heterocycles. The maximum Gasteiger partial charge on any atom is 0.338 e. The van der Waals surface area contributed by atoms with Crippen LogP contribution in [0.2, 0.25) is 5.02 Å². The summed E-state index contributed by atoms with van der Waals surface area (Å²) in [6.07, 6.45) is 0. The zero-order valence-corrected chi connectivity index (χ0v) is 12.6. The molecule has 0 aromatic heterocycles. The molecule has 0 saturated heterocycles. The lowest BCUT2D eigenvalue weighted by Gasteiger charge is -2.29. The topological polar surface area (TPSA) is 83.7 Å². The lowest BCUT2D eigenvalue weighted by molar-refractivity contribution is -0.384. The van der Waals surface area contributed by atoms with Crippen molar-refractivity contribution in [3.8, 4) is 0 Å². The number of nitro groups is 1. The fraction of sp³-hybridized carbons (Fsp3) is 0.462. The fourth-order valence-corrected chi connectivity index (χ4v) is 2.39. The molecule has 0 amide bonds. The Morgan fingerprint density at radius 1 is 1.45 bits per heavy atom. The zero-order valence-electron chi connectivity index (χ0n) is 11.8. The third-order valence-electron chi connectivity index (χ3n) is 2.58. The molecule has 0 atom stereocenters. The molecule has 6 nitrogen and oxygen atoms in total. The highest BCUT2D eigenvalue weighted by atomic mass is 35.5. The second kappa shape index (κ2) is 5.66. The molecule has 0 fully saturated rings. The van der Waals surface area contributed by atoms with E-state index in [4.69, 9.17) is 11.6 Å². The highest BCUT2D eigenvalue weighted by Gasteiger charge is 2.24. The molecular formula is C13H17ClN2O4. The van der Waals surface area contributed by atoms with Crippen molar-refractivity contribution in [3.05, 3.63) is 32.8 Å². The summed E-state index contributed by atoms with van der Waals surface area (Å²) < 4.78 is 0. The molecule has 0 heterocycles. The SMILES string of the molecule is CN(CC(C)(C)C)c1c(Cl)cc([N+](=O)[O-])cc1C(=O)O. The van der Waals surface area contributed by atoms with Crippen molar-refractivity contribution in [1.29, 1.82) is 0 Å². The van der Waals surface area contributed by atoms with Gasteiger partial charge >= 0.3 is 5.97 Å². The number of non-ortho nitro benzene ring substituents is 1. The predicted octanol–water partition coefficient (Wildman–Crippen LogP) is 3.43. The second-order valence-corrected chi connectivity index (χ2v) is 6.21. The molecule has 20 heavy (non-hydrogen) atoms. The molecule has 0 bridgehead atoms. The smallest absolute Gasteiger partial charge is 0.338 e. The van der Waals surface area contributed by atoms with Gasteiger partial charge in [-0.15, -0.1) is 0 Å². The van der Waals surface area contributed by atoms with Gasteiger partial charge < -0.3 is 10.0 Å². The monoisotopic (exact) mass is 300 g/mol. The number of anilines is 1. The maximum absolute atomic E-state index is 11.3. The van der Waals surface area contributed by atoms with E-state index in [1.165, 1.54) is 6.07 Å². The molecule has 1 aromatic rings. The van der Waals surface area contributed by atoms with Gasteiger partial charge in [0.05, 0.1) is 21.2 Å². The van der Waals surface area contributed by atoms with Crippen molar-refractivity contribution in [1.82, 2.24) is 0 Å². The third kappa shape index (κ3) is 3.84. The minimum Gasteiger partial charge on any atom is -0.478 e. The number of carboxylic acids is 1. The number of benzene rings is 1. The standard InChI is InChI=1S/C13H17ClN2O4/c1-13(2,3)7-15(4)11-9(12(17)18)5-8(16(19)20)6-10(11)14/h5-6H,7H2,1-4H3,(H,17,18). The van der Waals surface area contributed by atoms with E-state index in [-0.39, 0.29) is 21.7 Å². The summed E-state index contributed by atoms with van der Waals surface area (Å²) in [6.45, 7) is 6.57. The molecule has 0 unspecified atom stereocenters. The Morgan fingerprint density at radius 2 is 2.00 bits per heavy atom. The van der Waals surface area contributed by atoms with E-state index >= 15 is 0 Å². The lowest BCUT2D eigenvalue weighted by atomic mass is 9.95. The van der Waals surface area contributed by atoms with Gasteiger partial charge in [0, 0.05) is 25.7 Å². The van der Waals surface area contributed by atoms with Gasteiger partial charge in [-0.2, -0.15) is 0 Å². The highest BCUT2D eigenvalue weighted by molar-refractivity contribution is 6.34. The van der Waals surface area contributed by atoms with Crippen LogP contribution in [0.3, 0.4) is 0 Å². The summed E-state index contributed by atoms with van der Waals surface area (Å²) in [5, 5.41) is 20.1. The summed E-state index contributed by atoms with van der Waals surface area (Å²) in [6, 6.07) is 2.20. The van der Waals surface area contributed by atoms with E-state index in [9.17, 15) is 20.0 Å². The molecule has 0 aliphatic rings. The van der Waals surface area contributed by atoms with E-state index in [1.807, 2.05) is 20.8 Å². The molecule has 0 saturated carbocycles. The van der Waals surface area contributed by atoms with Crippen LogP contribution in [-0.2, 0) is 0 Å². The van der Waals surface area contributed by atoms with E-state index in [0.717, 1.165) is 6.07 Å². The van der Waals surface area contributed by atoms with Crippen LogP contribution in [0.1, 0.15) is 31.1 Å². The van der Waals surface area contributed by atoms with Crippen LogP contribution in [0, 0.1) is 15.5 Å². The summed E-state index contributed by atoms with van der Waals surface area (Å²) >= 11 is 6.04. The van der Waals surface area contributed by atoms with E-state index in [2.05, 4.69) is 0 Å². The van der Waals surface area contributed by atoms with Crippen molar-refractivity contribution in [2.24, 2.45) is 5.41 Å². The number of hydrogen-bond donors (Lipinski definition) is 1. The second-order valence-electron chi connectivity index (χ2n) is 5.80. The summed E-state index contributed by atoms with van der Waals surface area (Å²) in [7, 11) is 1.71. The first-order valence-electron chi connectivity index (χ1n) is 5.95. The van der Waals surface area contributed by atoms with Crippen molar-refractivity contribution in [2.45, 2.75) is 20.8 Å². The Morgan fingerprint density at radius 3 is 2.40 bits per heavy atom. The molecule has 1 rings (SSSR count).